The van der Waals surface area contributed by atoms with Gasteiger partial charge in [-0.3, -0.25) is 4.98 Å². The highest BCUT2D eigenvalue weighted by atomic mass is 16.3. The summed E-state index contributed by atoms with van der Waals surface area (Å²) in [7, 11) is 0. The lowest BCUT2D eigenvalue weighted by Crippen LogP contribution is -2.26. The van der Waals surface area contributed by atoms with E-state index < -0.39 is 5.60 Å². The monoisotopic (exact) mass is 180 g/mol. The van der Waals surface area contributed by atoms with Crippen LogP contribution >= 0.6 is 0 Å². The summed E-state index contributed by atoms with van der Waals surface area (Å²) in [6, 6.07) is 1.75. The van der Waals surface area contributed by atoms with E-state index >= 15 is 0 Å². The van der Waals surface area contributed by atoms with Gasteiger partial charge in [0.25, 0.3) is 0 Å². The Kier molecular flexibility index (Phi) is 2.88. The Hall–Kier alpha value is -1.09. The van der Waals surface area contributed by atoms with Gasteiger partial charge in [-0.25, -0.2) is 0 Å². The summed E-state index contributed by atoms with van der Waals surface area (Å²) in [5, 5.41) is 9.82. The molecule has 0 aliphatic heterocycles. The van der Waals surface area contributed by atoms with E-state index in [0.717, 1.165) is 5.56 Å². The fourth-order valence-electron chi connectivity index (χ4n) is 1.12. The molecule has 1 aromatic heterocycles. The van der Waals surface area contributed by atoms with Crippen molar-refractivity contribution >= 4 is 5.69 Å². The molecule has 0 fully saturated rings. The van der Waals surface area contributed by atoms with Crippen LogP contribution in [0.15, 0.2) is 18.5 Å². The minimum atomic E-state index is -0.683. The normalized spacial score (nSPS) is 15.3. The summed E-state index contributed by atoms with van der Waals surface area (Å²) in [5.41, 5.74) is 6.66. The number of nitrogen functional groups attached to an aromatic ring is 1. The van der Waals surface area contributed by atoms with Gasteiger partial charge in [-0.05, 0) is 25.0 Å². The molecule has 3 N–H and O–H groups in total. The Bertz CT molecular complexity index is 284. The van der Waals surface area contributed by atoms with Crippen LogP contribution in [0, 0.1) is 0 Å². The lowest BCUT2D eigenvalue weighted by Gasteiger charge is -2.21. The second kappa shape index (κ2) is 3.75. The highest BCUT2D eigenvalue weighted by Gasteiger charge is 2.19. The average Bonchev–Trinajstić information content (AvgIpc) is 2.09. The Labute approximate surface area is 78.6 Å². The number of nitrogens with two attached hydrogens (primary N) is 1. The van der Waals surface area contributed by atoms with Crippen molar-refractivity contribution in [3.8, 4) is 0 Å². The molecule has 0 radical (unpaired) electrons. The van der Waals surface area contributed by atoms with Gasteiger partial charge in [-0.1, -0.05) is 6.92 Å². The molecule has 1 heterocycles. The van der Waals surface area contributed by atoms with Gasteiger partial charge in [-0.2, -0.15) is 0 Å². The van der Waals surface area contributed by atoms with Crippen molar-refractivity contribution < 1.29 is 5.11 Å². The Morgan fingerprint density at radius 2 is 2.31 bits per heavy atom. The first kappa shape index (κ1) is 9.99. The Morgan fingerprint density at radius 3 is 2.85 bits per heavy atom. The zero-order chi connectivity index (χ0) is 9.90. The largest absolute Gasteiger partial charge is 0.398 e. The third-order valence-electron chi connectivity index (χ3n) is 2.27. The van der Waals surface area contributed by atoms with Gasteiger partial charge in [0.15, 0.2) is 0 Å². The molecule has 72 valence electrons. The van der Waals surface area contributed by atoms with Gasteiger partial charge < -0.3 is 10.8 Å². The van der Waals surface area contributed by atoms with E-state index in [9.17, 15) is 5.11 Å². The number of hydrogen-bond donors (Lipinski definition) is 2. The summed E-state index contributed by atoms with van der Waals surface area (Å²) >= 11 is 0. The average molecular weight is 180 g/mol. The van der Waals surface area contributed by atoms with Gasteiger partial charge in [0.05, 0.1) is 5.60 Å². The summed E-state index contributed by atoms with van der Waals surface area (Å²) in [6.07, 6.45) is 4.63. The van der Waals surface area contributed by atoms with Gasteiger partial charge in [-0.15, -0.1) is 0 Å². The van der Waals surface area contributed by atoms with Crippen molar-refractivity contribution in [1.29, 1.82) is 0 Å². The van der Waals surface area contributed by atoms with Crippen LogP contribution < -0.4 is 5.73 Å². The zero-order valence-corrected chi connectivity index (χ0v) is 8.12. The van der Waals surface area contributed by atoms with E-state index in [0.29, 0.717) is 18.5 Å². The molecule has 3 heteroatoms. The van der Waals surface area contributed by atoms with E-state index in [1.54, 1.807) is 25.4 Å². The molecule has 0 amide bonds. The molecule has 0 aliphatic rings. The summed E-state index contributed by atoms with van der Waals surface area (Å²) in [5.74, 6) is 0. The van der Waals surface area contributed by atoms with Crippen LogP contribution in [0.5, 0.6) is 0 Å². The van der Waals surface area contributed by atoms with Crippen molar-refractivity contribution in [2.75, 3.05) is 5.73 Å². The third kappa shape index (κ3) is 2.70. The van der Waals surface area contributed by atoms with E-state index in [-0.39, 0.29) is 0 Å². The second-order valence-corrected chi connectivity index (χ2v) is 3.60. The molecule has 0 aromatic carbocycles. The molecule has 13 heavy (non-hydrogen) atoms. The van der Waals surface area contributed by atoms with Crippen molar-refractivity contribution in [3.05, 3.63) is 24.0 Å². The van der Waals surface area contributed by atoms with E-state index in [2.05, 4.69) is 4.98 Å². The number of aliphatic hydroxyl groups is 1. The minimum absolute atomic E-state index is 0.559. The molecule has 1 aromatic rings. The number of hydrogen-bond acceptors (Lipinski definition) is 3. The fourth-order valence-corrected chi connectivity index (χ4v) is 1.12. The molecule has 1 atom stereocenters. The molecular weight excluding hydrogens is 164 g/mol. The summed E-state index contributed by atoms with van der Waals surface area (Å²) in [6.45, 7) is 3.76. The number of anilines is 1. The maximum absolute atomic E-state index is 9.82. The number of pyridine rings is 1. The molecule has 3 nitrogen and oxygen atoms in total. The molecular formula is C10H16N2O. The second-order valence-electron chi connectivity index (χ2n) is 3.60. The predicted octanol–water partition coefficient (Wildman–Crippen LogP) is 1.37. The van der Waals surface area contributed by atoms with Gasteiger partial charge in [0, 0.05) is 24.5 Å². The smallest absolute Gasteiger partial charge is 0.0658 e. The molecule has 0 spiro atoms. The van der Waals surface area contributed by atoms with Gasteiger partial charge in [0.1, 0.15) is 0 Å². The Morgan fingerprint density at radius 1 is 1.62 bits per heavy atom. The standard InChI is InChI=1S/C10H16N2O/c1-3-10(2,13)6-8-7-12-5-4-9(8)11/h4-5,7,13H,3,6H2,1-2H3,(H2,11,12). The van der Waals surface area contributed by atoms with Gasteiger partial charge in [0.2, 0.25) is 0 Å². The van der Waals surface area contributed by atoms with E-state index in [4.69, 9.17) is 5.73 Å². The van der Waals surface area contributed by atoms with Crippen molar-refractivity contribution in [2.45, 2.75) is 32.3 Å². The number of aromatic nitrogens is 1. The van der Waals surface area contributed by atoms with E-state index in [1.165, 1.54) is 0 Å². The minimum Gasteiger partial charge on any atom is -0.398 e. The summed E-state index contributed by atoms with van der Waals surface area (Å²) in [4.78, 5) is 3.97. The van der Waals surface area contributed by atoms with Gasteiger partial charge >= 0.3 is 0 Å². The molecule has 0 aliphatic carbocycles. The molecule has 1 rings (SSSR count). The van der Waals surface area contributed by atoms with Crippen LogP contribution in [0.2, 0.25) is 0 Å². The first-order valence-corrected chi connectivity index (χ1v) is 4.46. The predicted molar refractivity (Wildman–Crippen MR) is 53.3 cm³/mol. The maximum Gasteiger partial charge on any atom is 0.0658 e. The number of rotatable bonds is 3. The topological polar surface area (TPSA) is 59.1 Å². The van der Waals surface area contributed by atoms with Crippen LogP contribution in [-0.4, -0.2) is 15.7 Å². The first-order chi connectivity index (χ1) is 6.05. The third-order valence-corrected chi connectivity index (χ3v) is 2.27. The highest BCUT2D eigenvalue weighted by molar-refractivity contribution is 5.44. The highest BCUT2D eigenvalue weighted by Crippen LogP contribution is 2.19. The van der Waals surface area contributed by atoms with Crippen LogP contribution in [0.25, 0.3) is 0 Å². The molecule has 1 unspecified atom stereocenters. The lowest BCUT2D eigenvalue weighted by atomic mass is 9.94. The number of nitrogens with zero attached hydrogens (tertiary/aromatic N) is 1. The van der Waals surface area contributed by atoms with Crippen LogP contribution in [0.4, 0.5) is 5.69 Å². The molecule has 0 saturated carbocycles. The van der Waals surface area contributed by atoms with Crippen LogP contribution in [0.3, 0.4) is 0 Å². The SMILES string of the molecule is CCC(C)(O)Cc1cnccc1N. The van der Waals surface area contributed by atoms with Crippen molar-refractivity contribution in [3.63, 3.8) is 0 Å². The maximum atomic E-state index is 9.82. The molecule has 0 bridgehead atoms. The quantitative estimate of drug-likeness (QED) is 0.738. The van der Waals surface area contributed by atoms with Crippen molar-refractivity contribution in [2.24, 2.45) is 0 Å². The molecule has 0 saturated heterocycles. The summed E-state index contributed by atoms with van der Waals surface area (Å²) < 4.78 is 0. The fraction of sp³-hybridized carbons (Fsp3) is 0.500. The Balaban J connectivity index is 2.80. The van der Waals surface area contributed by atoms with Crippen LogP contribution in [0.1, 0.15) is 25.8 Å². The lowest BCUT2D eigenvalue weighted by molar-refractivity contribution is 0.0565. The first-order valence-electron chi connectivity index (χ1n) is 4.46. The van der Waals surface area contributed by atoms with Crippen molar-refractivity contribution in [1.82, 2.24) is 4.98 Å². The zero-order valence-electron chi connectivity index (χ0n) is 8.12. The van der Waals surface area contributed by atoms with E-state index in [1.807, 2.05) is 6.92 Å². The van der Waals surface area contributed by atoms with Crippen LogP contribution in [-0.2, 0) is 6.42 Å².